The van der Waals surface area contributed by atoms with E-state index in [9.17, 15) is 18.5 Å². The number of rotatable bonds is 4. The minimum atomic E-state index is -3.40. The summed E-state index contributed by atoms with van der Waals surface area (Å²) in [6.45, 7) is -0.258. The maximum atomic E-state index is 12.0. The standard InChI is InChI=1S/C14H19N3O3S2/c1-17(22(2,19)20)9-13(18)16-14-11(8-15)10-6-4-3-5-7-12(10)21-14/h3-7,9H2,1-2H3,(H,16,18). The van der Waals surface area contributed by atoms with Crippen LogP contribution in [0.2, 0.25) is 0 Å². The molecule has 22 heavy (non-hydrogen) atoms. The van der Waals surface area contributed by atoms with Crippen molar-refractivity contribution in [3.8, 4) is 6.07 Å². The highest BCUT2D eigenvalue weighted by atomic mass is 32.2. The van der Waals surface area contributed by atoms with E-state index in [0.717, 1.165) is 48.2 Å². The molecule has 2 rings (SSSR count). The van der Waals surface area contributed by atoms with Gasteiger partial charge in [-0.25, -0.2) is 8.42 Å². The van der Waals surface area contributed by atoms with Crippen LogP contribution in [0.15, 0.2) is 0 Å². The molecule has 1 aromatic rings. The lowest BCUT2D eigenvalue weighted by Gasteiger charge is -2.13. The number of aryl methyl sites for hydroxylation is 1. The van der Waals surface area contributed by atoms with Crippen LogP contribution in [0.25, 0.3) is 0 Å². The Bertz CT molecular complexity index is 716. The third-order valence-electron chi connectivity index (χ3n) is 3.72. The zero-order chi connectivity index (χ0) is 16.3. The normalized spacial score (nSPS) is 15.0. The van der Waals surface area contributed by atoms with Crippen LogP contribution >= 0.6 is 11.3 Å². The number of anilines is 1. The van der Waals surface area contributed by atoms with E-state index < -0.39 is 15.9 Å². The number of amides is 1. The van der Waals surface area contributed by atoms with Crippen LogP contribution in [0.3, 0.4) is 0 Å². The molecule has 8 heteroatoms. The predicted molar refractivity (Wildman–Crippen MR) is 86.4 cm³/mol. The maximum Gasteiger partial charge on any atom is 0.240 e. The summed E-state index contributed by atoms with van der Waals surface area (Å²) < 4.78 is 23.7. The van der Waals surface area contributed by atoms with Crippen LogP contribution < -0.4 is 5.32 Å². The highest BCUT2D eigenvalue weighted by Crippen LogP contribution is 2.36. The lowest BCUT2D eigenvalue weighted by atomic mass is 10.1. The first-order valence-electron chi connectivity index (χ1n) is 7.08. The molecule has 1 aromatic heterocycles. The third-order valence-corrected chi connectivity index (χ3v) is 6.19. The minimum Gasteiger partial charge on any atom is -0.315 e. The Kier molecular flexibility index (Phi) is 5.21. The molecule has 0 spiro atoms. The van der Waals surface area contributed by atoms with E-state index >= 15 is 0 Å². The number of nitrogens with one attached hydrogen (secondary N) is 1. The number of sulfonamides is 1. The first-order valence-corrected chi connectivity index (χ1v) is 9.75. The highest BCUT2D eigenvalue weighted by Gasteiger charge is 2.22. The first kappa shape index (κ1) is 16.9. The average molecular weight is 341 g/mol. The van der Waals surface area contributed by atoms with Gasteiger partial charge in [-0.2, -0.15) is 9.57 Å². The average Bonchev–Trinajstić information content (AvgIpc) is 2.58. The molecule has 0 saturated carbocycles. The third kappa shape index (κ3) is 3.85. The first-order chi connectivity index (χ1) is 10.3. The van der Waals surface area contributed by atoms with Crippen molar-refractivity contribution in [3.05, 3.63) is 16.0 Å². The number of likely N-dealkylation sites (N-methyl/N-ethyl adjacent to an activating group) is 1. The molecule has 1 heterocycles. The van der Waals surface area contributed by atoms with Crippen molar-refractivity contribution in [3.63, 3.8) is 0 Å². The van der Waals surface area contributed by atoms with Crippen LogP contribution in [0.5, 0.6) is 0 Å². The van der Waals surface area contributed by atoms with Gasteiger partial charge in [0.05, 0.1) is 18.4 Å². The maximum absolute atomic E-state index is 12.0. The molecule has 0 fully saturated rings. The Balaban J connectivity index is 2.17. The highest BCUT2D eigenvalue weighted by molar-refractivity contribution is 7.88. The molecule has 1 amide bonds. The summed E-state index contributed by atoms with van der Waals surface area (Å²) in [5.74, 6) is -0.430. The SMILES string of the molecule is CN(CC(=O)Nc1sc2c(c1C#N)CCCCC2)S(C)(=O)=O. The van der Waals surface area contributed by atoms with Crippen molar-refractivity contribution >= 4 is 32.3 Å². The second-order valence-corrected chi connectivity index (χ2v) is 8.64. The van der Waals surface area contributed by atoms with Crippen molar-refractivity contribution < 1.29 is 13.2 Å². The fourth-order valence-electron chi connectivity index (χ4n) is 2.43. The predicted octanol–water partition coefficient (Wildman–Crippen LogP) is 1.72. The Labute approximate surface area is 134 Å². The number of carbonyl (C=O) groups excluding carboxylic acids is 1. The van der Waals surface area contributed by atoms with Crippen LogP contribution in [0.4, 0.5) is 5.00 Å². The molecule has 0 radical (unpaired) electrons. The Morgan fingerprint density at radius 2 is 2.05 bits per heavy atom. The van der Waals surface area contributed by atoms with Crippen molar-refractivity contribution in [1.82, 2.24) is 4.31 Å². The molecular formula is C14H19N3O3S2. The van der Waals surface area contributed by atoms with Gasteiger partial charge in [0.2, 0.25) is 15.9 Å². The van der Waals surface area contributed by atoms with Crippen molar-refractivity contribution in [2.24, 2.45) is 0 Å². The van der Waals surface area contributed by atoms with Gasteiger partial charge in [-0.15, -0.1) is 11.3 Å². The fourth-order valence-corrected chi connectivity index (χ4v) is 4.04. The molecular weight excluding hydrogens is 322 g/mol. The summed E-state index contributed by atoms with van der Waals surface area (Å²) >= 11 is 1.44. The largest absolute Gasteiger partial charge is 0.315 e. The molecule has 1 aliphatic carbocycles. The summed E-state index contributed by atoms with van der Waals surface area (Å²) in [4.78, 5) is 13.2. The second-order valence-electron chi connectivity index (χ2n) is 5.45. The van der Waals surface area contributed by atoms with E-state index in [1.54, 1.807) is 0 Å². The summed E-state index contributed by atoms with van der Waals surface area (Å²) in [5, 5.41) is 12.6. The van der Waals surface area contributed by atoms with E-state index in [2.05, 4.69) is 11.4 Å². The van der Waals surface area contributed by atoms with Crippen molar-refractivity contribution in [2.45, 2.75) is 32.1 Å². The van der Waals surface area contributed by atoms with Gasteiger partial charge in [-0.05, 0) is 31.2 Å². The summed E-state index contributed by atoms with van der Waals surface area (Å²) in [6, 6.07) is 2.18. The smallest absolute Gasteiger partial charge is 0.240 e. The van der Waals surface area contributed by atoms with E-state index in [-0.39, 0.29) is 6.54 Å². The lowest BCUT2D eigenvalue weighted by molar-refractivity contribution is -0.116. The van der Waals surface area contributed by atoms with Gasteiger partial charge in [0.15, 0.2) is 0 Å². The molecule has 1 aliphatic rings. The molecule has 0 aliphatic heterocycles. The van der Waals surface area contributed by atoms with Gasteiger partial charge in [-0.1, -0.05) is 6.42 Å². The lowest BCUT2D eigenvalue weighted by Crippen LogP contribution is -2.34. The minimum absolute atomic E-state index is 0.258. The molecule has 1 N–H and O–H groups in total. The van der Waals surface area contributed by atoms with Gasteiger partial charge < -0.3 is 5.32 Å². The van der Waals surface area contributed by atoms with E-state index in [0.29, 0.717) is 10.6 Å². The van der Waals surface area contributed by atoms with Crippen LogP contribution in [0, 0.1) is 11.3 Å². The van der Waals surface area contributed by atoms with Crippen molar-refractivity contribution in [2.75, 3.05) is 25.2 Å². The molecule has 0 bridgehead atoms. The summed E-state index contributed by atoms with van der Waals surface area (Å²) in [5.41, 5.74) is 1.59. The van der Waals surface area contributed by atoms with Crippen LogP contribution in [-0.4, -0.2) is 38.5 Å². The topological polar surface area (TPSA) is 90.3 Å². The number of fused-ring (bicyclic) bond motifs is 1. The molecule has 0 aromatic carbocycles. The Morgan fingerprint density at radius 1 is 1.36 bits per heavy atom. The van der Waals surface area contributed by atoms with Gasteiger partial charge in [0.25, 0.3) is 0 Å². The van der Waals surface area contributed by atoms with E-state index in [4.69, 9.17) is 0 Å². The molecule has 0 unspecified atom stereocenters. The Hall–Kier alpha value is -1.43. The summed E-state index contributed by atoms with van der Waals surface area (Å²) in [6.07, 6.45) is 6.17. The van der Waals surface area contributed by atoms with Gasteiger partial charge in [0.1, 0.15) is 11.1 Å². The van der Waals surface area contributed by atoms with Crippen LogP contribution in [-0.2, 0) is 27.7 Å². The molecule has 0 atom stereocenters. The zero-order valence-corrected chi connectivity index (χ0v) is 14.3. The molecule has 120 valence electrons. The molecule has 6 nitrogen and oxygen atoms in total. The van der Waals surface area contributed by atoms with Gasteiger partial charge in [0, 0.05) is 11.9 Å². The quantitative estimate of drug-likeness (QED) is 0.844. The van der Waals surface area contributed by atoms with E-state index in [1.807, 2.05) is 0 Å². The number of carbonyl (C=O) groups is 1. The van der Waals surface area contributed by atoms with Crippen molar-refractivity contribution in [1.29, 1.82) is 5.26 Å². The zero-order valence-electron chi connectivity index (χ0n) is 12.7. The van der Waals surface area contributed by atoms with Gasteiger partial charge in [-0.3, -0.25) is 4.79 Å². The Morgan fingerprint density at radius 3 is 2.68 bits per heavy atom. The monoisotopic (exact) mass is 341 g/mol. The number of hydrogen-bond donors (Lipinski definition) is 1. The second kappa shape index (κ2) is 6.77. The number of nitrogens with zero attached hydrogens (tertiary/aromatic N) is 2. The summed E-state index contributed by atoms with van der Waals surface area (Å²) in [7, 11) is -2.05. The van der Waals surface area contributed by atoms with Gasteiger partial charge >= 0.3 is 0 Å². The van der Waals surface area contributed by atoms with Crippen LogP contribution in [0.1, 0.15) is 35.3 Å². The van der Waals surface area contributed by atoms with E-state index in [1.165, 1.54) is 23.3 Å². The number of nitriles is 1. The number of thiophene rings is 1. The number of hydrogen-bond acceptors (Lipinski definition) is 5. The molecule has 0 saturated heterocycles. The fraction of sp³-hybridized carbons (Fsp3) is 0.571.